The van der Waals surface area contributed by atoms with Crippen LogP contribution in [-0.2, 0) is 25.7 Å². The summed E-state index contributed by atoms with van der Waals surface area (Å²) in [5.41, 5.74) is 3.88. The third kappa shape index (κ3) is 4.38. The molecular formula is C13H8F3IZn-. The van der Waals surface area contributed by atoms with Crippen molar-refractivity contribution in [2.45, 2.75) is 6.18 Å². The Labute approximate surface area is 133 Å². The molecule has 0 fully saturated rings. The standard InChI is InChI=1S/C13H8F3.HI.Zn/c14-13(15,16)12-8-6-11(7-9-12)10-4-2-1-3-5-10;;/h2-9H;1H;/p-1. The summed E-state index contributed by atoms with van der Waals surface area (Å²) in [6.07, 6.45) is 2.80. The van der Waals surface area contributed by atoms with Crippen molar-refractivity contribution in [2.24, 2.45) is 0 Å². The molecule has 1 radical (unpaired) electrons. The molecule has 18 heavy (non-hydrogen) atoms. The fourth-order valence-electron chi connectivity index (χ4n) is 1.43. The molecule has 0 aliphatic heterocycles. The Morgan fingerprint density at radius 1 is 0.944 bits per heavy atom. The van der Waals surface area contributed by atoms with Gasteiger partial charge < -0.3 is 24.0 Å². The molecule has 2 rings (SSSR count). The molecule has 0 amide bonds. The van der Waals surface area contributed by atoms with E-state index < -0.39 is 11.7 Å². The second kappa shape index (κ2) is 7.27. The molecule has 0 N–H and O–H groups in total. The molecule has 1 aromatic rings. The second-order valence-electron chi connectivity index (χ2n) is 3.36. The summed E-state index contributed by atoms with van der Waals surface area (Å²) in [5.74, 6) is 0. The van der Waals surface area contributed by atoms with E-state index in [9.17, 15) is 13.2 Å². The zero-order chi connectivity index (χ0) is 11.6. The number of benzene rings is 1. The zero-order valence-electron chi connectivity index (χ0n) is 9.34. The molecule has 91 valence electrons. The Morgan fingerprint density at radius 3 is 2.00 bits per heavy atom. The van der Waals surface area contributed by atoms with E-state index in [-0.39, 0.29) is 43.5 Å². The molecule has 1 aliphatic rings. The first kappa shape index (κ1) is 17.6. The minimum absolute atomic E-state index is 0. The van der Waals surface area contributed by atoms with Gasteiger partial charge >= 0.3 is 6.18 Å². The molecule has 0 saturated carbocycles. The topological polar surface area (TPSA) is 0 Å². The Balaban J connectivity index is 0.00000144. The quantitative estimate of drug-likeness (QED) is 0.367. The van der Waals surface area contributed by atoms with Crippen molar-refractivity contribution in [3.8, 4) is 0 Å². The molecular weight excluding hydrogens is 405 g/mol. The van der Waals surface area contributed by atoms with Gasteiger partial charge in [-0.15, -0.1) is 5.73 Å². The van der Waals surface area contributed by atoms with Crippen molar-refractivity contribution in [2.75, 3.05) is 0 Å². The van der Waals surface area contributed by atoms with Crippen molar-refractivity contribution in [3.05, 3.63) is 65.8 Å². The first-order valence-electron chi connectivity index (χ1n) is 4.71. The normalized spacial score (nSPS) is 13.4. The van der Waals surface area contributed by atoms with Crippen LogP contribution in [0.15, 0.2) is 48.2 Å². The fourth-order valence-corrected chi connectivity index (χ4v) is 1.43. The number of allylic oxidation sites excluding steroid dienone is 3. The van der Waals surface area contributed by atoms with Crippen LogP contribution < -0.4 is 24.0 Å². The van der Waals surface area contributed by atoms with Gasteiger partial charge in [0, 0.05) is 25.9 Å². The monoisotopic (exact) mass is 412 g/mol. The van der Waals surface area contributed by atoms with Crippen molar-refractivity contribution >= 4 is 5.57 Å². The molecule has 1 aromatic carbocycles. The van der Waals surface area contributed by atoms with E-state index in [0.717, 1.165) is 23.3 Å². The maximum absolute atomic E-state index is 12.3. The molecule has 0 bridgehead atoms. The van der Waals surface area contributed by atoms with Crippen LogP contribution in [-0.4, -0.2) is 0 Å². The number of halogens is 4. The van der Waals surface area contributed by atoms with Crippen LogP contribution in [0.3, 0.4) is 0 Å². The predicted molar refractivity (Wildman–Crippen MR) is 56.4 cm³/mol. The maximum Gasteiger partial charge on any atom is 0.416 e. The average Bonchev–Trinajstić information content (AvgIpc) is 2.29. The van der Waals surface area contributed by atoms with E-state index in [1.165, 1.54) is 12.1 Å². The Morgan fingerprint density at radius 2 is 1.56 bits per heavy atom. The fraction of sp³-hybridized carbons (Fsp3) is 0.0769. The number of hydrogen-bond acceptors (Lipinski definition) is 0. The van der Waals surface area contributed by atoms with E-state index in [1.54, 1.807) is 12.2 Å². The van der Waals surface area contributed by atoms with E-state index in [4.69, 9.17) is 0 Å². The summed E-state index contributed by atoms with van der Waals surface area (Å²) in [6, 6.07) is 5.12. The summed E-state index contributed by atoms with van der Waals surface area (Å²) in [5, 5.41) is 0. The smallest absolute Gasteiger partial charge is 0.416 e. The van der Waals surface area contributed by atoms with Crippen LogP contribution in [0.1, 0.15) is 11.1 Å². The van der Waals surface area contributed by atoms with E-state index in [2.05, 4.69) is 5.73 Å². The number of hydrogen-bond donors (Lipinski definition) is 0. The van der Waals surface area contributed by atoms with Crippen LogP contribution in [0.4, 0.5) is 13.2 Å². The molecule has 0 unspecified atom stereocenters. The van der Waals surface area contributed by atoms with Crippen LogP contribution >= 0.6 is 0 Å². The Bertz CT molecular complexity index is 480. The van der Waals surface area contributed by atoms with Gasteiger partial charge in [0.2, 0.25) is 0 Å². The molecule has 0 spiro atoms. The molecule has 0 nitrogen and oxygen atoms in total. The van der Waals surface area contributed by atoms with Gasteiger partial charge in [-0.25, -0.2) is 0 Å². The molecule has 0 aromatic heterocycles. The van der Waals surface area contributed by atoms with Gasteiger partial charge in [0.05, 0.1) is 5.56 Å². The van der Waals surface area contributed by atoms with Gasteiger partial charge in [0.25, 0.3) is 0 Å². The van der Waals surface area contributed by atoms with Gasteiger partial charge in [0.1, 0.15) is 0 Å². The number of rotatable bonds is 1. The van der Waals surface area contributed by atoms with Gasteiger partial charge in [-0.2, -0.15) is 13.2 Å². The SMILES string of the molecule is FC(F)(F)c1ccc(C2=CC=C=C[CH]2)cc1.[I-].[Zn]. The van der Waals surface area contributed by atoms with Crippen molar-refractivity contribution in [1.29, 1.82) is 0 Å². The van der Waals surface area contributed by atoms with Crippen LogP contribution in [0.2, 0.25) is 0 Å². The predicted octanol–water partition coefficient (Wildman–Crippen LogP) is 1.02. The third-order valence-electron chi connectivity index (χ3n) is 2.26. The van der Waals surface area contributed by atoms with E-state index >= 15 is 0 Å². The van der Waals surface area contributed by atoms with Gasteiger partial charge in [-0.05, 0) is 35.4 Å². The molecule has 5 heteroatoms. The number of alkyl halides is 3. The molecule has 0 atom stereocenters. The Kier molecular flexibility index (Phi) is 7.12. The van der Waals surface area contributed by atoms with E-state index in [1.807, 2.05) is 12.5 Å². The van der Waals surface area contributed by atoms with E-state index in [0.29, 0.717) is 0 Å². The first-order chi connectivity index (χ1) is 7.57. The van der Waals surface area contributed by atoms with Gasteiger partial charge in [0.15, 0.2) is 0 Å². The summed E-state index contributed by atoms with van der Waals surface area (Å²) in [6.45, 7) is 0. The zero-order valence-corrected chi connectivity index (χ0v) is 14.5. The van der Waals surface area contributed by atoms with Crippen LogP contribution in [0, 0.1) is 6.42 Å². The first-order valence-corrected chi connectivity index (χ1v) is 4.71. The second-order valence-corrected chi connectivity index (χ2v) is 3.36. The summed E-state index contributed by atoms with van der Waals surface area (Å²) >= 11 is 0. The molecule has 0 heterocycles. The van der Waals surface area contributed by atoms with Gasteiger partial charge in [-0.3, -0.25) is 0 Å². The van der Waals surface area contributed by atoms with Crippen LogP contribution in [0.5, 0.6) is 0 Å². The maximum atomic E-state index is 12.3. The summed E-state index contributed by atoms with van der Waals surface area (Å²) < 4.78 is 37.0. The summed E-state index contributed by atoms with van der Waals surface area (Å²) in [4.78, 5) is 0. The summed E-state index contributed by atoms with van der Waals surface area (Å²) in [7, 11) is 0. The Hall–Kier alpha value is -0.377. The largest absolute Gasteiger partial charge is 1.00 e. The molecule has 0 saturated heterocycles. The van der Waals surface area contributed by atoms with Crippen LogP contribution in [0.25, 0.3) is 5.57 Å². The van der Waals surface area contributed by atoms with Gasteiger partial charge in [-0.1, -0.05) is 18.2 Å². The minimum Gasteiger partial charge on any atom is -1.00 e. The van der Waals surface area contributed by atoms with Crippen molar-refractivity contribution in [1.82, 2.24) is 0 Å². The van der Waals surface area contributed by atoms with Crippen molar-refractivity contribution in [3.63, 3.8) is 0 Å². The minimum atomic E-state index is -4.27. The third-order valence-corrected chi connectivity index (χ3v) is 2.26. The average molecular weight is 413 g/mol. The van der Waals surface area contributed by atoms with Crippen molar-refractivity contribution < 1.29 is 56.6 Å². The molecule has 1 aliphatic carbocycles.